The summed E-state index contributed by atoms with van der Waals surface area (Å²) in [5.74, 6) is 0.813. The molecule has 0 bridgehead atoms. The van der Waals surface area contributed by atoms with Crippen molar-refractivity contribution in [2.75, 3.05) is 21.3 Å². The first-order valence-corrected chi connectivity index (χ1v) is 9.02. The molecule has 2 amide bonds. The van der Waals surface area contributed by atoms with Crippen molar-refractivity contribution in [1.29, 1.82) is 0 Å². The van der Waals surface area contributed by atoms with Gasteiger partial charge in [0.05, 0.1) is 0 Å². The summed E-state index contributed by atoms with van der Waals surface area (Å²) in [6.07, 6.45) is 0. The van der Waals surface area contributed by atoms with E-state index in [1.54, 1.807) is 12.1 Å². The van der Waals surface area contributed by atoms with E-state index < -0.39 is 0 Å². The van der Waals surface area contributed by atoms with Crippen molar-refractivity contribution < 1.29 is 9.59 Å². The molecule has 0 fully saturated rings. The van der Waals surface area contributed by atoms with Crippen LogP contribution in [0.4, 0.5) is 34.5 Å². The summed E-state index contributed by atoms with van der Waals surface area (Å²) in [4.78, 5) is 31.3. The summed E-state index contributed by atoms with van der Waals surface area (Å²) < 4.78 is 0. The van der Waals surface area contributed by atoms with Gasteiger partial charge < -0.3 is 21.3 Å². The summed E-state index contributed by atoms with van der Waals surface area (Å²) in [7, 11) is 0. The molecule has 0 spiro atoms. The molecule has 4 N–H and O–H groups in total. The molecule has 3 rings (SSSR count). The molecule has 1 aromatic heterocycles. The van der Waals surface area contributed by atoms with Gasteiger partial charge in [0.15, 0.2) is 0 Å². The second kappa shape index (κ2) is 8.83. The Morgan fingerprint density at radius 3 is 2.03 bits per heavy atom. The maximum atomic E-state index is 11.2. The topological polar surface area (TPSA) is 108 Å². The van der Waals surface area contributed by atoms with Gasteiger partial charge in [-0.15, -0.1) is 0 Å². The van der Waals surface area contributed by atoms with E-state index in [4.69, 9.17) is 0 Å². The Hall–Kier alpha value is -3.94. The van der Waals surface area contributed by atoms with Crippen molar-refractivity contribution in [2.45, 2.75) is 20.8 Å². The molecule has 8 heteroatoms. The molecule has 0 saturated carbocycles. The number of amides is 2. The molecule has 3 aromatic rings. The van der Waals surface area contributed by atoms with E-state index in [2.05, 4.69) is 31.2 Å². The molecule has 0 saturated heterocycles. The fourth-order valence-electron chi connectivity index (χ4n) is 2.68. The average molecular weight is 390 g/mol. The van der Waals surface area contributed by atoms with Crippen molar-refractivity contribution in [2.24, 2.45) is 0 Å². The van der Waals surface area contributed by atoms with E-state index in [0.717, 1.165) is 22.8 Å². The number of carbonyl (C=O) groups excluding carboxylic acids is 2. The zero-order chi connectivity index (χ0) is 20.8. The van der Waals surface area contributed by atoms with Crippen LogP contribution in [0.25, 0.3) is 0 Å². The van der Waals surface area contributed by atoms with Crippen molar-refractivity contribution in [3.05, 3.63) is 60.3 Å². The van der Waals surface area contributed by atoms with Crippen LogP contribution >= 0.6 is 0 Å². The van der Waals surface area contributed by atoms with E-state index in [1.807, 2.05) is 49.4 Å². The summed E-state index contributed by atoms with van der Waals surface area (Å²) in [5, 5.41) is 11.9. The summed E-state index contributed by atoms with van der Waals surface area (Å²) in [5.41, 5.74) is 3.79. The predicted molar refractivity (Wildman–Crippen MR) is 115 cm³/mol. The highest BCUT2D eigenvalue weighted by Crippen LogP contribution is 2.22. The number of carbonyl (C=O) groups is 2. The van der Waals surface area contributed by atoms with E-state index in [-0.39, 0.29) is 11.8 Å². The molecule has 29 heavy (non-hydrogen) atoms. The minimum absolute atomic E-state index is 0.115. The lowest BCUT2D eigenvalue weighted by atomic mass is 10.2. The minimum Gasteiger partial charge on any atom is -0.340 e. The van der Waals surface area contributed by atoms with Gasteiger partial charge in [0.25, 0.3) is 0 Å². The number of benzene rings is 2. The van der Waals surface area contributed by atoms with Gasteiger partial charge in [0.2, 0.25) is 17.8 Å². The lowest BCUT2D eigenvalue weighted by Crippen LogP contribution is -2.06. The van der Waals surface area contributed by atoms with Crippen LogP contribution < -0.4 is 21.3 Å². The third kappa shape index (κ3) is 6.03. The standard InChI is InChI=1S/C21H22N6O2/c1-13-11-20(25-17-9-7-16(8-10-17)23-14(2)28)27-21(22-13)26-19-6-4-5-18(12-19)24-15(3)29/h4-12H,1-3H3,(H,23,28)(H,24,29)(H2,22,25,26,27). The number of aromatic nitrogens is 2. The molecule has 8 nitrogen and oxygen atoms in total. The molecule has 0 unspecified atom stereocenters. The summed E-state index contributed by atoms with van der Waals surface area (Å²) in [6, 6.07) is 16.5. The predicted octanol–water partition coefficient (Wildman–Crippen LogP) is 4.19. The Morgan fingerprint density at radius 1 is 0.724 bits per heavy atom. The first-order valence-electron chi connectivity index (χ1n) is 9.02. The molecular weight excluding hydrogens is 368 g/mol. The normalized spacial score (nSPS) is 10.2. The van der Waals surface area contributed by atoms with Gasteiger partial charge in [-0.05, 0) is 49.4 Å². The molecule has 0 atom stereocenters. The smallest absolute Gasteiger partial charge is 0.229 e. The fourth-order valence-corrected chi connectivity index (χ4v) is 2.68. The maximum Gasteiger partial charge on any atom is 0.229 e. The van der Waals surface area contributed by atoms with Gasteiger partial charge in [-0.25, -0.2) is 4.98 Å². The van der Waals surface area contributed by atoms with Crippen LogP contribution in [-0.4, -0.2) is 21.8 Å². The van der Waals surface area contributed by atoms with Gasteiger partial charge >= 0.3 is 0 Å². The lowest BCUT2D eigenvalue weighted by molar-refractivity contribution is -0.115. The quantitative estimate of drug-likeness (QED) is 0.503. The van der Waals surface area contributed by atoms with Crippen molar-refractivity contribution in [3.8, 4) is 0 Å². The number of nitrogens with zero attached hydrogens (tertiary/aromatic N) is 2. The number of hydrogen-bond acceptors (Lipinski definition) is 6. The monoisotopic (exact) mass is 390 g/mol. The van der Waals surface area contributed by atoms with Crippen LogP contribution in [0.3, 0.4) is 0 Å². The molecule has 0 aliphatic heterocycles. The van der Waals surface area contributed by atoms with Crippen LogP contribution in [0.1, 0.15) is 19.5 Å². The Bertz CT molecular complexity index is 1030. The van der Waals surface area contributed by atoms with Crippen molar-refractivity contribution in [1.82, 2.24) is 9.97 Å². The van der Waals surface area contributed by atoms with Crippen LogP contribution in [0, 0.1) is 6.92 Å². The minimum atomic E-state index is -0.134. The van der Waals surface area contributed by atoms with Crippen molar-refractivity contribution in [3.63, 3.8) is 0 Å². The SMILES string of the molecule is CC(=O)Nc1ccc(Nc2cc(C)nc(Nc3cccc(NC(C)=O)c3)n2)cc1. The third-order valence-electron chi connectivity index (χ3n) is 3.77. The Morgan fingerprint density at radius 2 is 1.34 bits per heavy atom. The molecule has 0 aliphatic carbocycles. The van der Waals surface area contributed by atoms with E-state index in [9.17, 15) is 9.59 Å². The van der Waals surface area contributed by atoms with Crippen LogP contribution in [0.15, 0.2) is 54.6 Å². The zero-order valence-electron chi connectivity index (χ0n) is 16.4. The Balaban J connectivity index is 1.74. The van der Waals surface area contributed by atoms with Crippen LogP contribution in [0.5, 0.6) is 0 Å². The number of nitrogens with one attached hydrogen (secondary N) is 4. The second-order valence-corrected chi connectivity index (χ2v) is 6.49. The Labute approximate surface area is 168 Å². The van der Waals surface area contributed by atoms with Gasteiger partial charge in [-0.2, -0.15) is 4.98 Å². The van der Waals surface area contributed by atoms with E-state index in [1.165, 1.54) is 13.8 Å². The first kappa shape index (κ1) is 19.8. The van der Waals surface area contributed by atoms with Crippen molar-refractivity contribution >= 4 is 46.3 Å². The first-order chi connectivity index (χ1) is 13.9. The number of anilines is 6. The molecule has 0 radical (unpaired) electrons. The number of hydrogen-bond donors (Lipinski definition) is 4. The highest BCUT2D eigenvalue weighted by Gasteiger charge is 2.05. The largest absolute Gasteiger partial charge is 0.340 e. The van der Waals surface area contributed by atoms with Gasteiger partial charge in [0, 0.05) is 48.4 Å². The Kier molecular flexibility index (Phi) is 6.03. The highest BCUT2D eigenvalue weighted by atomic mass is 16.2. The molecule has 0 aliphatic rings. The maximum absolute atomic E-state index is 11.2. The highest BCUT2D eigenvalue weighted by molar-refractivity contribution is 5.89. The van der Waals surface area contributed by atoms with Crippen LogP contribution in [0.2, 0.25) is 0 Å². The fraction of sp³-hybridized carbons (Fsp3) is 0.143. The average Bonchev–Trinajstić information content (AvgIpc) is 2.62. The van der Waals surface area contributed by atoms with Crippen LogP contribution in [-0.2, 0) is 9.59 Å². The molecule has 2 aromatic carbocycles. The lowest BCUT2D eigenvalue weighted by Gasteiger charge is -2.11. The third-order valence-corrected chi connectivity index (χ3v) is 3.77. The van der Waals surface area contributed by atoms with Gasteiger partial charge in [-0.3, -0.25) is 9.59 Å². The summed E-state index contributed by atoms with van der Waals surface area (Å²) >= 11 is 0. The second-order valence-electron chi connectivity index (χ2n) is 6.49. The number of aryl methyl sites for hydroxylation is 1. The van der Waals surface area contributed by atoms with Gasteiger partial charge in [0.1, 0.15) is 5.82 Å². The zero-order valence-corrected chi connectivity index (χ0v) is 16.4. The van der Waals surface area contributed by atoms with Gasteiger partial charge in [-0.1, -0.05) is 6.07 Å². The van der Waals surface area contributed by atoms with E-state index in [0.29, 0.717) is 17.5 Å². The van der Waals surface area contributed by atoms with E-state index >= 15 is 0 Å². The molecule has 1 heterocycles. The summed E-state index contributed by atoms with van der Waals surface area (Å²) in [6.45, 7) is 4.81. The molecular formula is C21H22N6O2. The molecule has 148 valence electrons. The number of rotatable bonds is 6.